The summed E-state index contributed by atoms with van der Waals surface area (Å²) in [5, 5.41) is 21.2. The fourth-order valence-electron chi connectivity index (χ4n) is 7.20. The Morgan fingerprint density at radius 2 is 1.19 bits per heavy atom. The minimum atomic E-state index is -4.59. The van der Waals surface area contributed by atoms with Crippen LogP contribution >= 0.6 is 0 Å². The number of phenols is 1. The van der Waals surface area contributed by atoms with Gasteiger partial charge in [0.1, 0.15) is 12.4 Å². The van der Waals surface area contributed by atoms with E-state index in [9.17, 15) is 49.9 Å². The molecule has 19 heteroatoms. The van der Waals surface area contributed by atoms with Gasteiger partial charge < -0.3 is 19.7 Å². The summed E-state index contributed by atoms with van der Waals surface area (Å²) in [4.78, 5) is 37.8. The van der Waals surface area contributed by atoms with E-state index in [0.29, 0.717) is 6.42 Å². The van der Waals surface area contributed by atoms with E-state index < -0.39 is 93.4 Å². The molecule has 4 aromatic carbocycles. The molecule has 0 spiro atoms. The molecular weight excluding hydrogens is 803 g/mol. The van der Waals surface area contributed by atoms with Gasteiger partial charge in [-0.2, -0.15) is 0 Å². The normalized spacial score (nSPS) is 15.4. The average molecular weight is 854 g/mol. The smallest absolute Gasteiger partial charge is 0.311 e. The highest BCUT2D eigenvalue weighted by atomic mass is 32.2. The van der Waals surface area contributed by atoms with Crippen LogP contribution in [0.4, 0.5) is 0 Å². The summed E-state index contributed by atoms with van der Waals surface area (Å²) < 4.78 is 98.5. The zero-order valence-electron chi connectivity index (χ0n) is 33.0. The Bertz CT molecular complexity index is 2510. The molecule has 0 heterocycles. The maximum absolute atomic E-state index is 14.0. The molecule has 0 bridgehead atoms. The van der Waals surface area contributed by atoms with Crippen LogP contribution < -0.4 is 14.2 Å². The second-order valence-electron chi connectivity index (χ2n) is 14.6. The zero-order valence-corrected chi connectivity index (χ0v) is 35.5. The summed E-state index contributed by atoms with van der Waals surface area (Å²) in [6, 6.07) is 7.57. The number of carbonyl (C=O) groups is 3. The molecule has 0 aliphatic heterocycles. The Kier molecular flexibility index (Phi) is 13.9. The molecule has 0 saturated carbocycles. The van der Waals surface area contributed by atoms with E-state index in [1.165, 1.54) is 31.3 Å². The summed E-state index contributed by atoms with van der Waals surface area (Å²) in [5.41, 5.74) is -2.67. The number of esters is 2. The highest BCUT2D eigenvalue weighted by Gasteiger charge is 2.47. The van der Waals surface area contributed by atoms with Crippen molar-refractivity contribution in [1.82, 2.24) is 14.2 Å². The Morgan fingerprint density at radius 1 is 0.719 bits per heavy atom. The number of sulfonamides is 3. The van der Waals surface area contributed by atoms with Gasteiger partial charge in [-0.05, 0) is 72.2 Å². The van der Waals surface area contributed by atoms with Crippen LogP contribution in [0.15, 0.2) is 51.1 Å². The number of phenolic OH excluding ortho intramolecular Hbond substituents is 1. The standard InChI is InChI=1S/C38H51N3O13S3/c1-8-11-17-53-36(46)38(5,21-23(9-2)34(43)44)22-37(4,10-3)35(45)54-18-16-41-57(51,52)31-20-30(56(49,50)40-7)26-13-12-24-28(42)19-29(55(47,48)39-6)25-14-15-27(31)33(26)32(24)25/h12-15,19-20,23,39-42H,8-11,16-18,21-22H2,1-7H3,(H,43,44). The van der Waals surface area contributed by atoms with E-state index in [1.54, 1.807) is 27.7 Å². The summed E-state index contributed by atoms with van der Waals surface area (Å²) in [6.07, 6.45) is 1.63. The molecule has 57 heavy (non-hydrogen) atoms. The maximum Gasteiger partial charge on any atom is 0.311 e. The van der Waals surface area contributed by atoms with Crippen molar-refractivity contribution in [2.45, 2.75) is 87.8 Å². The Hall–Kier alpha value is -4.14. The van der Waals surface area contributed by atoms with Crippen molar-refractivity contribution >= 4 is 80.3 Å². The van der Waals surface area contributed by atoms with Crippen molar-refractivity contribution in [3.8, 4) is 5.75 Å². The van der Waals surface area contributed by atoms with Crippen molar-refractivity contribution in [1.29, 1.82) is 0 Å². The van der Waals surface area contributed by atoms with Gasteiger partial charge in [0, 0.05) is 44.9 Å². The predicted molar refractivity (Wildman–Crippen MR) is 213 cm³/mol. The van der Waals surface area contributed by atoms with Crippen molar-refractivity contribution in [3.63, 3.8) is 0 Å². The first-order chi connectivity index (χ1) is 26.6. The highest BCUT2D eigenvalue weighted by Crippen LogP contribution is 2.46. The van der Waals surface area contributed by atoms with E-state index in [1.807, 2.05) is 6.92 Å². The van der Waals surface area contributed by atoms with E-state index >= 15 is 0 Å². The van der Waals surface area contributed by atoms with Gasteiger partial charge in [0.2, 0.25) is 30.1 Å². The molecule has 0 fully saturated rings. The number of rotatable bonds is 21. The van der Waals surface area contributed by atoms with Crippen molar-refractivity contribution in [3.05, 3.63) is 36.4 Å². The van der Waals surface area contributed by atoms with Crippen molar-refractivity contribution in [2.24, 2.45) is 16.7 Å². The number of benzene rings is 4. The molecule has 0 aliphatic carbocycles. The lowest BCUT2D eigenvalue weighted by molar-refractivity contribution is -0.165. The molecule has 0 radical (unpaired) electrons. The molecule has 0 amide bonds. The first-order valence-corrected chi connectivity index (χ1v) is 22.9. The van der Waals surface area contributed by atoms with Crippen molar-refractivity contribution in [2.75, 3.05) is 33.9 Å². The molecule has 5 N–H and O–H groups in total. The zero-order chi connectivity index (χ0) is 42.7. The monoisotopic (exact) mass is 853 g/mol. The van der Waals surface area contributed by atoms with Crippen LogP contribution in [0.5, 0.6) is 5.75 Å². The van der Waals surface area contributed by atoms with Crippen LogP contribution in [0.1, 0.15) is 73.1 Å². The molecule has 0 aliphatic rings. The molecule has 4 aromatic rings. The van der Waals surface area contributed by atoms with Gasteiger partial charge in [-0.15, -0.1) is 0 Å². The number of hydrogen-bond acceptors (Lipinski definition) is 12. The number of aromatic hydroxyl groups is 1. The highest BCUT2D eigenvalue weighted by molar-refractivity contribution is 7.90. The van der Waals surface area contributed by atoms with Crippen LogP contribution in [0, 0.1) is 16.7 Å². The number of carbonyl (C=O) groups excluding carboxylic acids is 2. The first-order valence-electron chi connectivity index (χ1n) is 18.5. The Balaban J connectivity index is 1.69. The molecule has 0 saturated heterocycles. The summed E-state index contributed by atoms with van der Waals surface area (Å²) in [5.74, 6) is -3.77. The van der Waals surface area contributed by atoms with Crippen LogP contribution in [0.25, 0.3) is 32.3 Å². The minimum absolute atomic E-state index is 0.0245. The molecule has 314 valence electrons. The SMILES string of the molecule is CCCCOC(=O)C(C)(CC(CC)C(=O)O)CC(C)(CC)C(=O)OCCNS(=O)(=O)c1cc(S(=O)(=O)NC)c2ccc3c(O)cc(S(=O)(=O)NC)c4ccc1c2c34. The van der Waals surface area contributed by atoms with Crippen LogP contribution in [-0.2, 0) is 53.9 Å². The molecule has 0 aromatic heterocycles. The third-order valence-corrected chi connectivity index (χ3v) is 15.0. The van der Waals surface area contributed by atoms with Gasteiger partial charge in [0.25, 0.3) is 0 Å². The van der Waals surface area contributed by atoms with E-state index in [0.717, 1.165) is 25.6 Å². The fraction of sp³-hybridized carbons (Fsp3) is 0.500. The van der Waals surface area contributed by atoms with Gasteiger partial charge in [-0.25, -0.2) is 39.4 Å². The third kappa shape index (κ3) is 9.13. The number of hydrogen-bond donors (Lipinski definition) is 5. The number of nitrogens with one attached hydrogen (secondary N) is 3. The largest absolute Gasteiger partial charge is 0.507 e. The van der Waals surface area contributed by atoms with Crippen LogP contribution in [0.3, 0.4) is 0 Å². The minimum Gasteiger partial charge on any atom is -0.507 e. The quantitative estimate of drug-likeness (QED) is 0.0438. The summed E-state index contributed by atoms with van der Waals surface area (Å²) in [7, 11) is -10.7. The van der Waals surface area contributed by atoms with Gasteiger partial charge >= 0.3 is 17.9 Å². The summed E-state index contributed by atoms with van der Waals surface area (Å²) >= 11 is 0. The first kappa shape index (κ1) is 45.6. The fourth-order valence-corrected chi connectivity index (χ4v) is 10.4. The van der Waals surface area contributed by atoms with E-state index in [-0.39, 0.29) is 69.5 Å². The topological polar surface area (TPSA) is 249 Å². The molecule has 3 atom stereocenters. The summed E-state index contributed by atoms with van der Waals surface area (Å²) in [6.45, 7) is 7.70. The lowest BCUT2D eigenvalue weighted by Gasteiger charge is -2.37. The number of unbranched alkanes of at least 4 members (excludes halogenated alkanes) is 1. The Labute approximate surface area is 333 Å². The van der Waals surface area contributed by atoms with E-state index in [2.05, 4.69) is 14.2 Å². The number of aliphatic carboxylic acids is 1. The van der Waals surface area contributed by atoms with Crippen molar-refractivity contribution < 1.29 is 59.3 Å². The second kappa shape index (κ2) is 17.4. The van der Waals surface area contributed by atoms with Gasteiger partial charge in [-0.1, -0.05) is 45.4 Å². The second-order valence-corrected chi connectivity index (χ2v) is 20.0. The number of ether oxygens (including phenoxy) is 2. The lowest BCUT2D eigenvalue weighted by Crippen LogP contribution is -2.42. The lowest BCUT2D eigenvalue weighted by atomic mass is 9.67. The molecular formula is C38H51N3O13S3. The van der Waals surface area contributed by atoms with E-state index in [4.69, 9.17) is 9.47 Å². The average Bonchev–Trinajstić information content (AvgIpc) is 3.17. The number of carboxylic acid groups (broad SMARTS) is 1. The van der Waals surface area contributed by atoms with Crippen LogP contribution in [0.2, 0.25) is 0 Å². The molecule has 4 rings (SSSR count). The maximum atomic E-state index is 14.0. The third-order valence-electron chi connectivity index (χ3n) is 10.6. The molecule has 16 nitrogen and oxygen atoms in total. The molecule has 3 unspecified atom stereocenters. The van der Waals surface area contributed by atoms with Gasteiger partial charge in [-0.3, -0.25) is 14.4 Å². The predicted octanol–water partition coefficient (Wildman–Crippen LogP) is 4.58. The van der Waals surface area contributed by atoms with Gasteiger partial charge in [0.15, 0.2) is 0 Å². The number of carboxylic acids is 1. The van der Waals surface area contributed by atoms with Gasteiger partial charge in [0.05, 0.1) is 38.0 Å². The Morgan fingerprint density at radius 3 is 1.68 bits per heavy atom. The van der Waals surface area contributed by atoms with Crippen LogP contribution in [-0.4, -0.2) is 87.2 Å².